The molecule has 16 heavy (non-hydrogen) atoms. The number of amides is 1. The molecule has 0 fully saturated rings. The highest BCUT2D eigenvalue weighted by molar-refractivity contribution is 9.10. The summed E-state index contributed by atoms with van der Waals surface area (Å²) in [5.74, 6) is -3.01. The van der Waals surface area contributed by atoms with Crippen molar-refractivity contribution in [3.8, 4) is 0 Å². The van der Waals surface area contributed by atoms with Gasteiger partial charge in [0.25, 0.3) is 17.4 Å². The van der Waals surface area contributed by atoms with Crippen molar-refractivity contribution in [3.05, 3.63) is 32.0 Å². The first-order valence-electron chi connectivity index (χ1n) is 3.95. The van der Waals surface area contributed by atoms with Gasteiger partial charge in [-0.05, 0) is 15.9 Å². The van der Waals surface area contributed by atoms with Crippen molar-refractivity contribution < 1.29 is 18.9 Å². The van der Waals surface area contributed by atoms with Gasteiger partial charge in [0, 0.05) is 0 Å². The van der Waals surface area contributed by atoms with Crippen LogP contribution in [0.25, 0.3) is 0 Å². The number of nitro benzene ring substituents is 1. The van der Waals surface area contributed by atoms with Crippen LogP contribution in [0.4, 0.5) is 15.8 Å². The van der Waals surface area contributed by atoms with E-state index >= 15 is 0 Å². The van der Waals surface area contributed by atoms with Crippen molar-refractivity contribution in [1.29, 1.82) is 0 Å². The molecule has 6 nitrogen and oxygen atoms in total. The number of nitrogens with one attached hydrogen (secondary N) is 1. The van der Waals surface area contributed by atoms with Crippen LogP contribution < -0.4 is 5.32 Å². The molecule has 1 heterocycles. The average molecular weight is 289 g/mol. The Kier molecular flexibility index (Phi) is 2.23. The molecular formula is C8H2BrFN2O4. The Morgan fingerprint density at radius 2 is 2.06 bits per heavy atom. The third kappa shape index (κ3) is 1.30. The van der Waals surface area contributed by atoms with Crippen LogP contribution in [0.15, 0.2) is 10.5 Å². The van der Waals surface area contributed by atoms with E-state index in [4.69, 9.17) is 0 Å². The topological polar surface area (TPSA) is 89.3 Å². The summed E-state index contributed by atoms with van der Waals surface area (Å²) in [6.45, 7) is 0. The van der Waals surface area contributed by atoms with E-state index < -0.39 is 28.1 Å². The van der Waals surface area contributed by atoms with Crippen molar-refractivity contribution in [2.24, 2.45) is 0 Å². The van der Waals surface area contributed by atoms with Crippen molar-refractivity contribution in [3.63, 3.8) is 0 Å². The van der Waals surface area contributed by atoms with Crippen LogP contribution >= 0.6 is 15.9 Å². The van der Waals surface area contributed by atoms with E-state index in [2.05, 4.69) is 15.9 Å². The van der Waals surface area contributed by atoms with Gasteiger partial charge in [0.15, 0.2) is 5.82 Å². The average Bonchev–Trinajstić information content (AvgIpc) is 2.50. The number of hydrogen-bond acceptors (Lipinski definition) is 4. The number of nitro groups is 1. The zero-order valence-corrected chi connectivity index (χ0v) is 9.00. The molecule has 0 aromatic heterocycles. The number of nitrogens with zero attached hydrogens (tertiary/aromatic N) is 1. The number of hydrogen-bond donors (Lipinski definition) is 1. The van der Waals surface area contributed by atoms with E-state index in [0.29, 0.717) is 6.07 Å². The fourth-order valence-corrected chi connectivity index (χ4v) is 2.00. The van der Waals surface area contributed by atoms with Crippen LogP contribution in [-0.4, -0.2) is 16.6 Å². The molecule has 0 bridgehead atoms. The monoisotopic (exact) mass is 288 g/mol. The molecule has 0 atom stereocenters. The lowest BCUT2D eigenvalue weighted by Gasteiger charge is -2.02. The van der Waals surface area contributed by atoms with E-state index in [1.165, 1.54) is 0 Å². The summed E-state index contributed by atoms with van der Waals surface area (Å²) in [6, 6.07) is 0.641. The Morgan fingerprint density at radius 1 is 1.44 bits per heavy atom. The highest BCUT2D eigenvalue weighted by Crippen LogP contribution is 2.38. The number of benzene rings is 1. The summed E-state index contributed by atoms with van der Waals surface area (Å²) in [4.78, 5) is 32.0. The second-order valence-electron chi connectivity index (χ2n) is 2.98. The number of ketones is 1. The minimum atomic E-state index is -1.01. The number of carbonyl (C=O) groups is 2. The van der Waals surface area contributed by atoms with Crippen LogP contribution in [0.3, 0.4) is 0 Å². The van der Waals surface area contributed by atoms with Crippen molar-refractivity contribution in [2.75, 3.05) is 5.32 Å². The molecule has 1 amide bonds. The summed E-state index contributed by atoms with van der Waals surface area (Å²) < 4.78 is 13.1. The van der Waals surface area contributed by atoms with Gasteiger partial charge >= 0.3 is 0 Å². The fourth-order valence-electron chi connectivity index (χ4n) is 1.36. The Morgan fingerprint density at radius 3 is 2.62 bits per heavy atom. The number of fused-ring (bicyclic) bond motifs is 1. The van der Waals surface area contributed by atoms with Crippen LogP contribution in [0.1, 0.15) is 10.4 Å². The molecule has 0 radical (unpaired) electrons. The molecule has 0 unspecified atom stereocenters. The van der Waals surface area contributed by atoms with Gasteiger partial charge in [-0.2, -0.15) is 0 Å². The van der Waals surface area contributed by atoms with Gasteiger partial charge in [-0.1, -0.05) is 0 Å². The molecule has 82 valence electrons. The zero-order valence-electron chi connectivity index (χ0n) is 7.41. The molecular weight excluding hydrogens is 287 g/mol. The highest BCUT2D eigenvalue weighted by Gasteiger charge is 2.36. The van der Waals surface area contributed by atoms with Gasteiger partial charge in [0.05, 0.1) is 22.2 Å². The normalized spacial score (nSPS) is 13.6. The van der Waals surface area contributed by atoms with Gasteiger partial charge < -0.3 is 5.32 Å². The molecule has 0 saturated carbocycles. The molecule has 2 rings (SSSR count). The second kappa shape index (κ2) is 3.34. The van der Waals surface area contributed by atoms with Crippen LogP contribution in [0.2, 0.25) is 0 Å². The Balaban J connectivity index is 2.79. The predicted octanol–water partition coefficient (Wildman–Crippen LogP) is 1.63. The van der Waals surface area contributed by atoms with Gasteiger partial charge in [-0.15, -0.1) is 0 Å². The van der Waals surface area contributed by atoms with Crippen LogP contribution in [0, 0.1) is 15.9 Å². The van der Waals surface area contributed by atoms with Gasteiger partial charge in [-0.3, -0.25) is 19.7 Å². The minimum absolute atomic E-state index is 0.197. The van der Waals surface area contributed by atoms with Crippen LogP contribution in [-0.2, 0) is 4.79 Å². The quantitative estimate of drug-likeness (QED) is 0.483. The summed E-state index contributed by atoms with van der Waals surface area (Å²) in [6.07, 6.45) is 0. The molecule has 1 aliphatic heterocycles. The summed E-state index contributed by atoms with van der Waals surface area (Å²) in [7, 11) is 0. The van der Waals surface area contributed by atoms with E-state index in [9.17, 15) is 24.1 Å². The number of rotatable bonds is 1. The number of Topliss-reactive ketones (excluding diaryl/α,β-unsaturated/α-hetero) is 1. The first-order chi connectivity index (χ1) is 7.43. The molecule has 1 aromatic carbocycles. The van der Waals surface area contributed by atoms with Gasteiger partial charge in [0.2, 0.25) is 0 Å². The molecule has 0 saturated heterocycles. The van der Waals surface area contributed by atoms with Crippen molar-refractivity contribution in [1.82, 2.24) is 0 Å². The SMILES string of the molecule is O=C1Nc2c(F)cc([N+](=O)[O-])c(Br)c2C1=O. The number of carbonyl (C=O) groups excluding carboxylic acids is 2. The molecule has 1 aliphatic rings. The number of halogens is 2. The van der Waals surface area contributed by atoms with E-state index in [0.717, 1.165) is 0 Å². The maximum Gasteiger partial charge on any atom is 0.296 e. The first-order valence-corrected chi connectivity index (χ1v) is 4.75. The lowest BCUT2D eigenvalue weighted by atomic mass is 10.1. The predicted molar refractivity (Wildman–Crippen MR) is 53.7 cm³/mol. The summed E-state index contributed by atoms with van der Waals surface area (Å²) in [5.41, 5.74) is -1.26. The van der Waals surface area contributed by atoms with Gasteiger partial charge in [0.1, 0.15) is 4.47 Å². The summed E-state index contributed by atoms with van der Waals surface area (Å²) >= 11 is 2.81. The molecule has 1 N–H and O–H groups in total. The van der Waals surface area contributed by atoms with Crippen molar-refractivity contribution >= 4 is 39.0 Å². The molecule has 0 spiro atoms. The van der Waals surface area contributed by atoms with E-state index in [1.54, 1.807) is 0 Å². The third-order valence-electron chi connectivity index (χ3n) is 2.07. The first kappa shape index (κ1) is 10.7. The Labute approximate surface area is 95.7 Å². The lowest BCUT2D eigenvalue weighted by Crippen LogP contribution is -2.12. The maximum atomic E-state index is 13.3. The van der Waals surface area contributed by atoms with Crippen molar-refractivity contribution in [2.45, 2.75) is 0 Å². The van der Waals surface area contributed by atoms with Crippen LogP contribution in [0.5, 0.6) is 0 Å². The molecule has 8 heteroatoms. The van der Waals surface area contributed by atoms with E-state index in [-0.39, 0.29) is 15.7 Å². The Bertz CT molecular complexity index is 557. The largest absolute Gasteiger partial charge is 0.316 e. The highest BCUT2D eigenvalue weighted by atomic mass is 79.9. The fraction of sp³-hybridized carbons (Fsp3) is 0. The second-order valence-corrected chi connectivity index (χ2v) is 3.77. The zero-order chi connectivity index (χ0) is 12.0. The van der Waals surface area contributed by atoms with E-state index in [1.807, 2.05) is 5.32 Å². The van der Waals surface area contributed by atoms with Gasteiger partial charge in [-0.25, -0.2) is 4.39 Å². The standard InChI is InChI=1S/C8H2BrFN2O4/c9-5-3(12(15)16)1-2(10)6-4(5)7(13)8(14)11-6/h1H,(H,11,13,14). The Hall–Kier alpha value is -1.83. The summed E-state index contributed by atoms with van der Waals surface area (Å²) in [5, 5.41) is 12.6. The third-order valence-corrected chi connectivity index (χ3v) is 2.87. The lowest BCUT2D eigenvalue weighted by molar-refractivity contribution is -0.385. The minimum Gasteiger partial charge on any atom is -0.316 e. The number of anilines is 1. The molecule has 1 aromatic rings. The molecule has 0 aliphatic carbocycles. The smallest absolute Gasteiger partial charge is 0.296 e. The maximum absolute atomic E-state index is 13.3.